The van der Waals surface area contributed by atoms with Crippen LogP contribution >= 0.6 is 0 Å². The van der Waals surface area contributed by atoms with Gasteiger partial charge in [0.25, 0.3) is 0 Å². The summed E-state index contributed by atoms with van der Waals surface area (Å²) in [6.07, 6.45) is 4.96. The summed E-state index contributed by atoms with van der Waals surface area (Å²) in [5.41, 5.74) is 5.98. The first kappa shape index (κ1) is 15.4. The third-order valence-electron chi connectivity index (χ3n) is 4.01. The molecule has 4 nitrogen and oxygen atoms in total. The second-order valence-corrected chi connectivity index (χ2v) is 5.41. The van der Waals surface area contributed by atoms with Crippen LogP contribution in [0.3, 0.4) is 0 Å². The molecular formula is C14H28N2O2. The predicted octanol–water partition coefficient (Wildman–Crippen LogP) is 1.78. The van der Waals surface area contributed by atoms with E-state index < -0.39 is 0 Å². The number of amides is 1. The summed E-state index contributed by atoms with van der Waals surface area (Å²) in [6, 6.07) is 0.486. The second-order valence-electron chi connectivity index (χ2n) is 5.41. The molecule has 1 amide bonds. The molecule has 1 aliphatic rings. The number of rotatable bonds is 6. The minimum absolute atomic E-state index is 0.125. The van der Waals surface area contributed by atoms with Crippen molar-refractivity contribution in [2.75, 3.05) is 20.3 Å². The molecule has 1 fully saturated rings. The zero-order chi connectivity index (χ0) is 13.5. The molecule has 106 valence electrons. The van der Waals surface area contributed by atoms with Gasteiger partial charge in [0.2, 0.25) is 5.91 Å². The van der Waals surface area contributed by atoms with Gasteiger partial charge < -0.3 is 15.4 Å². The lowest BCUT2D eigenvalue weighted by molar-refractivity contribution is -0.139. The van der Waals surface area contributed by atoms with Crippen molar-refractivity contribution in [1.29, 1.82) is 0 Å². The van der Waals surface area contributed by atoms with Crippen LogP contribution in [0.15, 0.2) is 0 Å². The van der Waals surface area contributed by atoms with E-state index in [2.05, 4.69) is 13.8 Å². The van der Waals surface area contributed by atoms with E-state index in [4.69, 9.17) is 10.5 Å². The Kier molecular flexibility index (Phi) is 6.65. The van der Waals surface area contributed by atoms with E-state index in [-0.39, 0.29) is 23.9 Å². The van der Waals surface area contributed by atoms with Crippen molar-refractivity contribution in [3.05, 3.63) is 0 Å². The van der Waals surface area contributed by atoms with Crippen molar-refractivity contribution in [3.8, 4) is 0 Å². The summed E-state index contributed by atoms with van der Waals surface area (Å²) in [6.45, 7) is 5.52. The van der Waals surface area contributed by atoms with Gasteiger partial charge in [0, 0.05) is 31.7 Å². The molecule has 0 heterocycles. The zero-order valence-electron chi connectivity index (χ0n) is 12.0. The number of nitrogens with zero attached hydrogens (tertiary/aromatic N) is 1. The Morgan fingerprint density at radius 3 is 2.78 bits per heavy atom. The predicted molar refractivity (Wildman–Crippen MR) is 73.3 cm³/mol. The molecule has 1 rings (SSSR count). The van der Waals surface area contributed by atoms with E-state index in [1.807, 2.05) is 4.90 Å². The molecule has 0 aromatic carbocycles. The fraction of sp³-hybridized carbons (Fsp3) is 0.929. The highest BCUT2D eigenvalue weighted by molar-refractivity contribution is 5.79. The molecule has 4 heteroatoms. The maximum atomic E-state index is 12.6. The largest absolute Gasteiger partial charge is 0.383 e. The maximum Gasteiger partial charge on any atom is 0.226 e. The van der Waals surface area contributed by atoms with Crippen LogP contribution in [0.25, 0.3) is 0 Å². The minimum Gasteiger partial charge on any atom is -0.383 e. The number of hydrogen-bond acceptors (Lipinski definition) is 3. The van der Waals surface area contributed by atoms with E-state index in [1.54, 1.807) is 7.11 Å². The van der Waals surface area contributed by atoms with Crippen molar-refractivity contribution in [2.24, 2.45) is 11.7 Å². The molecule has 0 radical (unpaired) electrons. The van der Waals surface area contributed by atoms with Gasteiger partial charge in [-0.1, -0.05) is 13.3 Å². The van der Waals surface area contributed by atoms with Crippen LogP contribution < -0.4 is 5.73 Å². The number of carbonyl (C=O) groups excluding carboxylic acids is 1. The van der Waals surface area contributed by atoms with Gasteiger partial charge in [0.1, 0.15) is 0 Å². The molecule has 18 heavy (non-hydrogen) atoms. The number of carbonyl (C=O) groups is 1. The van der Waals surface area contributed by atoms with Crippen molar-refractivity contribution < 1.29 is 9.53 Å². The van der Waals surface area contributed by atoms with Gasteiger partial charge in [-0.3, -0.25) is 4.79 Å². The third kappa shape index (κ3) is 4.25. The highest BCUT2D eigenvalue weighted by atomic mass is 16.5. The molecule has 3 atom stereocenters. The second kappa shape index (κ2) is 7.74. The van der Waals surface area contributed by atoms with E-state index in [1.165, 1.54) is 0 Å². The van der Waals surface area contributed by atoms with Gasteiger partial charge in [-0.2, -0.15) is 0 Å². The maximum absolute atomic E-state index is 12.6. The Hall–Kier alpha value is -0.610. The standard InChI is InChI=1S/C14H28N2O2/c1-4-11(2)16(8-9-18-3)14(17)12-6-5-7-13(15)10-12/h11-13H,4-10,15H2,1-3H3. The van der Waals surface area contributed by atoms with Crippen molar-refractivity contribution >= 4 is 5.91 Å². The van der Waals surface area contributed by atoms with Crippen LogP contribution in [0.4, 0.5) is 0 Å². The van der Waals surface area contributed by atoms with Gasteiger partial charge in [-0.05, 0) is 32.6 Å². The summed E-state index contributed by atoms with van der Waals surface area (Å²) in [7, 11) is 1.68. The van der Waals surface area contributed by atoms with E-state index >= 15 is 0 Å². The summed E-state index contributed by atoms with van der Waals surface area (Å²) in [5.74, 6) is 0.399. The third-order valence-corrected chi connectivity index (χ3v) is 4.01. The average Bonchev–Trinajstić information content (AvgIpc) is 2.38. The van der Waals surface area contributed by atoms with Crippen LogP contribution in [0.5, 0.6) is 0 Å². The smallest absolute Gasteiger partial charge is 0.226 e. The first-order chi connectivity index (χ1) is 8.60. The quantitative estimate of drug-likeness (QED) is 0.788. The highest BCUT2D eigenvalue weighted by Crippen LogP contribution is 2.25. The van der Waals surface area contributed by atoms with Gasteiger partial charge >= 0.3 is 0 Å². The Morgan fingerprint density at radius 2 is 2.22 bits per heavy atom. The van der Waals surface area contributed by atoms with Crippen molar-refractivity contribution in [3.63, 3.8) is 0 Å². The van der Waals surface area contributed by atoms with Gasteiger partial charge in [0.15, 0.2) is 0 Å². The molecule has 1 aliphatic carbocycles. The van der Waals surface area contributed by atoms with Crippen LogP contribution in [0.1, 0.15) is 46.0 Å². The Bertz CT molecular complexity index is 258. The Labute approximate surface area is 111 Å². The number of methoxy groups -OCH3 is 1. The lowest BCUT2D eigenvalue weighted by atomic mass is 9.85. The molecule has 0 aromatic heterocycles. The topological polar surface area (TPSA) is 55.6 Å². The van der Waals surface area contributed by atoms with Gasteiger partial charge in [0.05, 0.1) is 6.61 Å². The fourth-order valence-electron chi connectivity index (χ4n) is 2.64. The fourth-order valence-corrected chi connectivity index (χ4v) is 2.64. The lowest BCUT2D eigenvalue weighted by Crippen LogP contribution is -2.46. The molecule has 0 aliphatic heterocycles. The number of ether oxygens (including phenoxy) is 1. The summed E-state index contributed by atoms with van der Waals surface area (Å²) in [4.78, 5) is 14.5. The highest BCUT2D eigenvalue weighted by Gasteiger charge is 2.30. The molecular weight excluding hydrogens is 228 g/mol. The van der Waals surface area contributed by atoms with Gasteiger partial charge in [-0.25, -0.2) is 0 Å². The molecule has 0 saturated heterocycles. The first-order valence-corrected chi connectivity index (χ1v) is 7.15. The van der Waals surface area contributed by atoms with Crippen LogP contribution in [-0.4, -0.2) is 43.2 Å². The summed E-state index contributed by atoms with van der Waals surface area (Å²) >= 11 is 0. The number of nitrogens with two attached hydrogens (primary N) is 1. The van der Waals surface area contributed by atoms with Gasteiger partial charge in [-0.15, -0.1) is 0 Å². The normalized spacial score (nSPS) is 25.8. The zero-order valence-corrected chi connectivity index (χ0v) is 12.0. The molecule has 2 N–H and O–H groups in total. The Morgan fingerprint density at radius 1 is 1.50 bits per heavy atom. The van der Waals surface area contributed by atoms with Crippen molar-refractivity contribution in [1.82, 2.24) is 4.90 Å². The van der Waals surface area contributed by atoms with Crippen LogP contribution in [0, 0.1) is 5.92 Å². The van der Waals surface area contributed by atoms with Crippen molar-refractivity contribution in [2.45, 2.75) is 58.0 Å². The number of hydrogen-bond donors (Lipinski definition) is 1. The summed E-state index contributed by atoms with van der Waals surface area (Å²) in [5, 5.41) is 0. The monoisotopic (exact) mass is 256 g/mol. The summed E-state index contributed by atoms with van der Waals surface area (Å²) < 4.78 is 5.11. The van der Waals surface area contributed by atoms with Crippen LogP contribution in [0.2, 0.25) is 0 Å². The van der Waals surface area contributed by atoms with E-state index in [0.717, 1.165) is 32.1 Å². The Balaban J connectivity index is 2.62. The first-order valence-electron chi connectivity index (χ1n) is 7.15. The van der Waals surface area contributed by atoms with E-state index in [9.17, 15) is 4.79 Å². The van der Waals surface area contributed by atoms with Crippen LogP contribution in [-0.2, 0) is 9.53 Å². The minimum atomic E-state index is 0.125. The van der Waals surface area contributed by atoms with E-state index in [0.29, 0.717) is 13.2 Å². The molecule has 3 unspecified atom stereocenters. The average molecular weight is 256 g/mol. The lowest BCUT2D eigenvalue weighted by Gasteiger charge is -2.34. The molecule has 0 spiro atoms. The molecule has 1 saturated carbocycles. The SMILES string of the molecule is CCC(C)N(CCOC)C(=O)C1CCCC(N)C1. The molecule has 0 bridgehead atoms. The molecule has 0 aromatic rings.